The SMILES string of the molecule is CC(C)CCOC(C)C(=O)NC(CC(F)(F)F)C(=O)O. The van der Waals surface area contributed by atoms with E-state index in [2.05, 4.69) is 0 Å². The van der Waals surface area contributed by atoms with Gasteiger partial charge in [0.25, 0.3) is 0 Å². The molecule has 0 rings (SSSR count). The van der Waals surface area contributed by atoms with E-state index in [1.807, 2.05) is 19.2 Å². The van der Waals surface area contributed by atoms with Crippen LogP contribution >= 0.6 is 0 Å². The predicted octanol–water partition coefficient (Wildman–Crippen LogP) is 1.96. The standard InChI is InChI=1S/C12H20F3NO4/c1-7(2)4-5-20-8(3)10(17)16-9(11(18)19)6-12(13,14)15/h7-9H,4-6H2,1-3H3,(H,16,17)(H,18,19). The summed E-state index contributed by atoms with van der Waals surface area (Å²) in [6.07, 6.45) is -6.59. The molecule has 2 unspecified atom stereocenters. The number of carbonyl (C=O) groups excluding carboxylic acids is 1. The number of carbonyl (C=O) groups is 2. The van der Waals surface area contributed by atoms with Gasteiger partial charge in [0.15, 0.2) is 0 Å². The Morgan fingerprint density at radius 3 is 2.20 bits per heavy atom. The van der Waals surface area contributed by atoms with E-state index in [4.69, 9.17) is 9.84 Å². The molecule has 0 heterocycles. The predicted molar refractivity (Wildman–Crippen MR) is 65.1 cm³/mol. The van der Waals surface area contributed by atoms with Crippen LogP contribution in [0.25, 0.3) is 0 Å². The van der Waals surface area contributed by atoms with Crippen molar-refractivity contribution >= 4 is 11.9 Å². The molecule has 0 aliphatic carbocycles. The molecule has 0 aromatic carbocycles. The number of hydrogen-bond acceptors (Lipinski definition) is 3. The molecule has 5 nitrogen and oxygen atoms in total. The molecular weight excluding hydrogens is 279 g/mol. The van der Waals surface area contributed by atoms with Crippen LogP contribution in [0.3, 0.4) is 0 Å². The first-order chi connectivity index (χ1) is 9.03. The normalized spacial score (nSPS) is 14.9. The van der Waals surface area contributed by atoms with Crippen LogP contribution in [-0.4, -0.2) is 41.9 Å². The van der Waals surface area contributed by atoms with E-state index in [1.165, 1.54) is 6.92 Å². The maximum Gasteiger partial charge on any atom is 0.391 e. The Kier molecular flexibility index (Phi) is 7.55. The fourth-order valence-electron chi connectivity index (χ4n) is 1.28. The monoisotopic (exact) mass is 299 g/mol. The Bertz CT molecular complexity index is 331. The second kappa shape index (κ2) is 8.08. The first-order valence-electron chi connectivity index (χ1n) is 6.24. The van der Waals surface area contributed by atoms with Crippen LogP contribution < -0.4 is 5.32 Å². The summed E-state index contributed by atoms with van der Waals surface area (Å²) < 4.78 is 41.6. The van der Waals surface area contributed by atoms with Crippen molar-refractivity contribution in [2.24, 2.45) is 5.92 Å². The largest absolute Gasteiger partial charge is 0.480 e. The van der Waals surface area contributed by atoms with Crippen molar-refractivity contribution in [2.75, 3.05) is 6.61 Å². The van der Waals surface area contributed by atoms with Gasteiger partial charge in [0.05, 0.1) is 6.42 Å². The second-order valence-electron chi connectivity index (χ2n) is 4.91. The number of carboxylic acid groups (broad SMARTS) is 1. The maximum absolute atomic E-state index is 12.2. The van der Waals surface area contributed by atoms with Gasteiger partial charge in [-0.15, -0.1) is 0 Å². The van der Waals surface area contributed by atoms with E-state index in [1.54, 1.807) is 0 Å². The number of rotatable bonds is 8. The molecule has 118 valence electrons. The van der Waals surface area contributed by atoms with E-state index < -0.39 is 36.6 Å². The fourth-order valence-corrected chi connectivity index (χ4v) is 1.28. The summed E-state index contributed by atoms with van der Waals surface area (Å²) in [5.41, 5.74) is 0. The quantitative estimate of drug-likeness (QED) is 0.718. The first kappa shape index (κ1) is 18.7. The van der Waals surface area contributed by atoms with Crippen molar-refractivity contribution in [1.29, 1.82) is 0 Å². The van der Waals surface area contributed by atoms with Crippen molar-refractivity contribution in [3.05, 3.63) is 0 Å². The summed E-state index contributed by atoms with van der Waals surface area (Å²) in [7, 11) is 0. The number of ether oxygens (including phenoxy) is 1. The van der Waals surface area contributed by atoms with Crippen molar-refractivity contribution in [1.82, 2.24) is 5.32 Å². The second-order valence-corrected chi connectivity index (χ2v) is 4.91. The molecule has 0 radical (unpaired) electrons. The number of amides is 1. The van der Waals surface area contributed by atoms with E-state index in [-0.39, 0.29) is 6.61 Å². The van der Waals surface area contributed by atoms with E-state index >= 15 is 0 Å². The molecule has 2 N–H and O–H groups in total. The lowest BCUT2D eigenvalue weighted by Crippen LogP contribution is -2.47. The summed E-state index contributed by atoms with van der Waals surface area (Å²) >= 11 is 0. The zero-order chi connectivity index (χ0) is 15.9. The highest BCUT2D eigenvalue weighted by atomic mass is 19.4. The average molecular weight is 299 g/mol. The zero-order valence-electron chi connectivity index (χ0n) is 11.7. The third kappa shape index (κ3) is 8.73. The minimum atomic E-state index is -4.67. The van der Waals surface area contributed by atoms with Gasteiger partial charge in [-0.05, 0) is 19.3 Å². The smallest absolute Gasteiger partial charge is 0.391 e. The van der Waals surface area contributed by atoms with Gasteiger partial charge in [-0.25, -0.2) is 4.79 Å². The van der Waals surface area contributed by atoms with Crippen molar-refractivity contribution in [3.8, 4) is 0 Å². The number of carboxylic acids is 1. The number of aliphatic carboxylic acids is 1. The third-order valence-electron chi connectivity index (χ3n) is 2.48. The summed E-state index contributed by atoms with van der Waals surface area (Å²) in [5.74, 6) is -2.24. The van der Waals surface area contributed by atoms with Crippen molar-refractivity contribution in [3.63, 3.8) is 0 Å². The molecule has 0 saturated carbocycles. The molecule has 0 aliphatic rings. The molecule has 20 heavy (non-hydrogen) atoms. The van der Waals surface area contributed by atoms with Gasteiger partial charge in [0, 0.05) is 6.61 Å². The highest BCUT2D eigenvalue weighted by molar-refractivity contribution is 5.86. The summed E-state index contributed by atoms with van der Waals surface area (Å²) in [4.78, 5) is 22.2. The molecule has 0 bridgehead atoms. The minimum absolute atomic E-state index is 0.281. The van der Waals surface area contributed by atoms with Gasteiger partial charge in [-0.2, -0.15) is 13.2 Å². The van der Waals surface area contributed by atoms with Crippen LogP contribution in [-0.2, 0) is 14.3 Å². The Morgan fingerprint density at radius 2 is 1.80 bits per heavy atom. The summed E-state index contributed by atoms with van der Waals surface area (Å²) in [6, 6.07) is -2.00. The van der Waals surface area contributed by atoms with E-state index in [0.29, 0.717) is 12.3 Å². The summed E-state index contributed by atoms with van der Waals surface area (Å²) in [5, 5.41) is 10.5. The van der Waals surface area contributed by atoms with Crippen LogP contribution in [0.15, 0.2) is 0 Å². The Morgan fingerprint density at radius 1 is 1.25 bits per heavy atom. The molecule has 0 spiro atoms. The van der Waals surface area contributed by atoms with Gasteiger partial charge in [-0.3, -0.25) is 4.79 Å². The molecule has 2 atom stereocenters. The average Bonchev–Trinajstić information content (AvgIpc) is 2.25. The Labute approximate surface area is 115 Å². The third-order valence-corrected chi connectivity index (χ3v) is 2.48. The van der Waals surface area contributed by atoms with Crippen molar-refractivity contribution in [2.45, 2.75) is 51.9 Å². The number of halogens is 3. The van der Waals surface area contributed by atoms with E-state index in [9.17, 15) is 22.8 Å². The lowest BCUT2D eigenvalue weighted by Gasteiger charge is -2.19. The van der Waals surface area contributed by atoms with Crippen LogP contribution in [0, 0.1) is 5.92 Å². The van der Waals surface area contributed by atoms with Gasteiger partial charge < -0.3 is 15.2 Å². The van der Waals surface area contributed by atoms with Gasteiger partial charge in [0.2, 0.25) is 5.91 Å². The topological polar surface area (TPSA) is 75.6 Å². The first-order valence-corrected chi connectivity index (χ1v) is 6.24. The Hall–Kier alpha value is -1.31. The number of nitrogens with one attached hydrogen (secondary N) is 1. The minimum Gasteiger partial charge on any atom is -0.480 e. The van der Waals surface area contributed by atoms with Crippen LogP contribution in [0.4, 0.5) is 13.2 Å². The molecule has 0 aliphatic heterocycles. The van der Waals surface area contributed by atoms with Gasteiger partial charge in [0.1, 0.15) is 12.1 Å². The van der Waals surface area contributed by atoms with Gasteiger partial charge in [-0.1, -0.05) is 13.8 Å². The highest BCUT2D eigenvalue weighted by Gasteiger charge is 2.36. The fraction of sp³-hybridized carbons (Fsp3) is 0.833. The maximum atomic E-state index is 12.2. The highest BCUT2D eigenvalue weighted by Crippen LogP contribution is 2.21. The lowest BCUT2D eigenvalue weighted by molar-refractivity contribution is -0.161. The summed E-state index contributed by atoms with van der Waals surface area (Å²) in [6.45, 7) is 5.56. The molecule has 0 fully saturated rings. The number of alkyl halides is 3. The lowest BCUT2D eigenvalue weighted by atomic mass is 10.1. The molecule has 0 aromatic heterocycles. The molecule has 0 saturated heterocycles. The van der Waals surface area contributed by atoms with Crippen LogP contribution in [0.2, 0.25) is 0 Å². The molecule has 1 amide bonds. The zero-order valence-corrected chi connectivity index (χ0v) is 11.7. The number of hydrogen-bond donors (Lipinski definition) is 2. The van der Waals surface area contributed by atoms with Gasteiger partial charge >= 0.3 is 12.1 Å². The Balaban J connectivity index is 4.34. The molecule has 0 aromatic rings. The van der Waals surface area contributed by atoms with Crippen LogP contribution in [0.1, 0.15) is 33.6 Å². The van der Waals surface area contributed by atoms with Crippen LogP contribution in [0.5, 0.6) is 0 Å². The molecular formula is C12H20F3NO4. The molecule has 8 heteroatoms. The van der Waals surface area contributed by atoms with Crippen molar-refractivity contribution < 1.29 is 32.6 Å². The van der Waals surface area contributed by atoms with E-state index in [0.717, 1.165) is 0 Å².